The minimum atomic E-state index is -0.431. The maximum absolute atomic E-state index is 13.8. The topological polar surface area (TPSA) is 55.9 Å². The number of nitrogens with zero attached hydrogens (tertiary/aromatic N) is 2. The molecule has 0 spiro atoms. The molecule has 0 aliphatic carbocycles. The van der Waals surface area contributed by atoms with E-state index in [2.05, 4.69) is 10.4 Å². The number of aromatic nitrogens is 2. The van der Waals surface area contributed by atoms with Gasteiger partial charge in [-0.1, -0.05) is 25.2 Å². The normalized spacial score (nSPS) is 10.5. The van der Waals surface area contributed by atoms with Crippen molar-refractivity contribution < 1.29 is 4.39 Å². The predicted octanol–water partition coefficient (Wildman–Crippen LogP) is 2.50. The van der Waals surface area contributed by atoms with Crippen LogP contribution in [0.1, 0.15) is 18.2 Å². The minimum Gasteiger partial charge on any atom is -0.389 e. The van der Waals surface area contributed by atoms with Crippen LogP contribution in [0.25, 0.3) is 0 Å². The lowest BCUT2D eigenvalue weighted by Gasteiger charge is -2.11. The number of nitrogens with two attached hydrogens (primary N) is 1. The molecule has 0 aliphatic heterocycles. The lowest BCUT2D eigenvalue weighted by atomic mass is 10.1. The van der Waals surface area contributed by atoms with Gasteiger partial charge in [-0.2, -0.15) is 5.10 Å². The fourth-order valence-electron chi connectivity index (χ4n) is 1.92. The highest BCUT2D eigenvalue weighted by atomic mass is 32.1. The Bertz CT molecular complexity index is 621. The molecule has 0 aliphatic rings. The van der Waals surface area contributed by atoms with Gasteiger partial charge in [-0.3, -0.25) is 4.68 Å². The Hall–Kier alpha value is -1.95. The molecule has 4 nitrogen and oxygen atoms in total. The van der Waals surface area contributed by atoms with Gasteiger partial charge in [0.05, 0.1) is 22.6 Å². The molecule has 0 radical (unpaired) electrons. The van der Waals surface area contributed by atoms with Gasteiger partial charge in [0.1, 0.15) is 10.8 Å². The second-order valence-electron chi connectivity index (χ2n) is 4.17. The Morgan fingerprint density at radius 3 is 2.84 bits per heavy atom. The van der Waals surface area contributed by atoms with Crippen LogP contribution in [0.2, 0.25) is 0 Å². The summed E-state index contributed by atoms with van der Waals surface area (Å²) in [6.07, 6.45) is 2.62. The first kappa shape index (κ1) is 13.5. The van der Waals surface area contributed by atoms with Crippen LogP contribution in [-0.4, -0.2) is 14.8 Å². The molecule has 2 rings (SSSR count). The second kappa shape index (κ2) is 5.36. The summed E-state index contributed by atoms with van der Waals surface area (Å²) in [6, 6.07) is 4.69. The Kier molecular flexibility index (Phi) is 3.80. The maximum Gasteiger partial charge on any atom is 0.135 e. The van der Waals surface area contributed by atoms with Crippen molar-refractivity contribution in [2.75, 3.05) is 5.32 Å². The molecular formula is C13H15FN4S. The number of thiocarbonyl (C=S) groups is 1. The van der Waals surface area contributed by atoms with Crippen LogP contribution in [0.5, 0.6) is 0 Å². The van der Waals surface area contributed by atoms with E-state index in [1.54, 1.807) is 16.8 Å². The maximum atomic E-state index is 13.8. The van der Waals surface area contributed by atoms with Crippen molar-refractivity contribution in [3.63, 3.8) is 0 Å². The van der Waals surface area contributed by atoms with Crippen LogP contribution in [0.15, 0.2) is 24.4 Å². The average Bonchev–Trinajstić information content (AvgIpc) is 2.69. The van der Waals surface area contributed by atoms with Gasteiger partial charge in [0.25, 0.3) is 0 Å². The highest BCUT2D eigenvalue weighted by molar-refractivity contribution is 7.80. The van der Waals surface area contributed by atoms with E-state index >= 15 is 0 Å². The molecule has 3 N–H and O–H groups in total. The van der Waals surface area contributed by atoms with Gasteiger partial charge in [-0.05, 0) is 18.6 Å². The Morgan fingerprint density at radius 1 is 1.47 bits per heavy atom. The van der Waals surface area contributed by atoms with Gasteiger partial charge in [-0.25, -0.2) is 4.39 Å². The summed E-state index contributed by atoms with van der Waals surface area (Å²) in [7, 11) is 1.84. The number of hydrogen-bond acceptors (Lipinski definition) is 3. The Morgan fingerprint density at radius 2 is 2.21 bits per heavy atom. The lowest BCUT2D eigenvalue weighted by Crippen LogP contribution is -2.14. The SMILES string of the molecule is CCc1nn(C)cc1Nc1cccc(F)c1C(N)=S. The van der Waals surface area contributed by atoms with Gasteiger partial charge < -0.3 is 11.1 Å². The van der Waals surface area contributed by atoms with Crippen LogP contribution in [0, 0.1) is 5.82 Å². The van der Waals surface area contributed by atoms with Crippen molar-refractivity contribution >= 4 is 28.6 Å². The number of rotatable bonds is 4. The van der Waals surface area contributed by atoms with E-state index in [4.69, 9.17) is 18.0 Å². The molecular weight excluding hydrogens is 263 g/mol. The summed E-state index contributed by atoms with van der Waals surface area (Å²) in [5.41, 5.74) is 8.08. The molecule has 0 amide bonds. The number of anilines is 2. The summed E-state index contributed by atoms with van der Waals surface area (Å²) in [6.45, 7) is 2.01. The first-order valence-electron chi connectivity index (χ1n) is 5.90. The zero-order valence-electron chi connectivity index (χ0n) is 10.8. The van der Waals surface area contributed by atoms with Crippen molar-refractivity contribution in [2.45, 2.75) is 13.3 Å². The predicted molar refractivity (Wildman–Crippen MR) is 78.2 cm³/mol. The summed E-state index contributed by atoms with van der Waals surface area (Å²) >= 11 is 4.90. The van der Waals surface area contributed by atoms with E-state index in [1.165, 1.54) is 6.07 Å². The molecule has 0 bridgehead atoms. The average molecular weight is 278 g/mol. The molecule has 0 saturated heterocycles. The van der Waals surface area contributed by atoms with E-state index in [1.807, 2.05) is 20.2 Å². The number of halogens is 1. The number of aryl methyl sites for hydroxylation is 2. The van der Waals surface area contributed by atoms with Gasteiger partial charge in [0, 0.05) is 13.2 Å². The van der Waals surface area contributed by atoms with Crippen LogP contribution >= 0.6 is 12.2 Å². The van der Waals surface area contributed by atoms with Gasteiger partial charge >= 0.3 is 0 Å². The number of benzene rings is 1. The molecule has 1 aromatic heterocycles. The third-order valence-electron chi connectivity index (χ3n) is 2.77. The quantitative estimate of drug-likeness (QED) is 0.844. The summed E-state index contributed by atoms with van der Waals surface area (Å²) in [5, 5.41) is 7.46. The molecule has 0 fully saturated rings. The van der Waals surface area contributed by atoms with Crippen molar-refractivity contribution in [2.24, 2.45) is 12.8 Å². The molecule has 2 aromatic rings. The van der Waals surface area contributed by atoms with E-state index < -0.39 is 5.82 Å². The molecule has 0 atom stereocenters. The molecule has 0 saturated carbocycles. The van der Waals surface area contributed by atoms with Crippen molar-refractivity contribution in [1.29, 1.82) is 0 Å². The molecule has 1 heterocycles. The minimum absolute atomic E-state index is 0.0301. The highest BCUT2D eigenvalue weighted by Crippen LogP contribution is 2.25. The van der Waals surface area contributed by atoms with E-state index in [0.717, 1.165) is 17.8 Å². The molecule has 1 aromatic carbocycles. The van der Waals surface area contributed by atoms with Crippen molar-refractivity contribution in [3.05, 3.63) is 41.5 Å². The first-order valence-corrected chi connectivity index (χ1v) is 6.31. The van der Waals surface area contributed by atoms with Crippen LogP contribution in [0.4, 0.5) is 15.8 Å². The monoisotopic (exact) mass is 278 g/mol. The summed E-state index contributed by atoms with van der Waals surface area (Å²) in [4.78, 5) is 0.0301. The van der Waals surface area contributed by atoms with Gasteiger partial charge in [0.2, 0.25) is 0 Å². The zero-order chi connectivity index (χ0) is 14.0. The molecule has 0 unspecified atom stereocenters. The van der Waals surface area contributed by atoms with Crippen molar-refractivity contribution in [3.8, 4) is 0 Å². The molecule has 19 heavy (non-hydrogen) atoms. The summed E-state index contributed by atoms with van der Waals surface area (Å²) in [5.74, 6) is -0.431. The van der Waals surface area contributed by atoms with E-state index in [-0.39, 0.29) is 10.6 Å². The largest absolute Gasteiger partial charge is 0.389 e. The highest BCUT2D eigenvalue weighted by Gasteiger charge is 2.13. The summed E-state index contributed by atoms with van der Waals surface area (Å²) < 4.78 is 15.5. The molecule has 6 heteroatoms. The Balaban J connectivity index is 2.43. The smallest absolute Gasteiger partial charge is 0.135 e. The number of nitrogens with one attached hydrogen (secondary N) is 1. The van der Waals surface area contributed by atoms with Gasteiger partial charge in [-0.15, -0.1) is 0 Å². The fourth-order valence-corrected chi connectivity index (χ4v) is 2.13. The Labute approximate surface area is 116 Å². The third-order valence-corrected chi connectivity index (χ3v) is 2.97. The van der Waals surface area contributed by atoms with Crippen LogP contribution < -0.4 is 11.1 Å². The molecule has 100 valence electrons. The van der Waals surface area contributed by atoms with E-state index in [0.29, 0.717) is 5.69 Å². The van der Waals surface area contributed by atoms with Crippen LogP contribution in [0.3, 0.4) is 0 Å². The fraction of sp³-hybridized carbons (Fsp3) is 0.231. The van der Waals surface area contributed by atoms with Crippen molar-refractivity contribution in [1.82, 2.24) is 9.78 Å². The number of hydrogen-bond donors (Lipinski definition) is 2. The second-order valence-corrected chi connectivity index (χ2v) is 4.61. The van der Waals surface area contributed by atoms with E-state index in [9.17, 15) is 4.39 Å². The first-order chi connectivity index (χ1) is 9.02. The lowest BCUT2D eigenvalue weighted by molar-refractivity contribution is 0.626. The van der Waals surface area contributed by atoms with Gasteiger partial charge in [0.15, 0.2) is 0 Å². The van der Waals surface area contributed by atoms with Crippen LogP contribution in [-0.2, 0) is 13.5 Å². The zero-order valence-corrected chi connectivity index (χ0v) is 11.6. The third kappa shape index (κ3) is 2.73. The standard InChI is InChI=1S/C13H15FN4S/c1-3-9-11(7-18(2)17-9)16-10-6-4-5-8(14)12(10)13(15)19/h4-7,16H,3H2,1-2H3,(H2,15,19).